The summed E-state index contributed by atoms with van der Waals surface area (Å²) in [4.78, 5) is 12.9. The van der Waals surface area contributed by atoms with Crippen molar-refractivity contribution in [2.24, 2.45) is 5.92 Å². The van der Waals surface area contributed by atoms with Gasteiger partial charge in [0, 0.05) is 0 Å². The first-order valence-electron chi connectivity index (χ1n) is 8.39. The Hall–Kier alpha value is -2.72. The van der Waals surface area contributed by atoms with Crippen LogP contribution in [0.25, 0.3) is 0 Å². The third-order valence-electron chi connectivity index (χ3n) is 4.32. The molecule has 0 radical (unpaired) electrons. The maximum Gasteiger partial charge on any atom is 0.230 e. The third-order valence-corrected chi connectivity index (χ3v) is 4.32. The van der Waals surface area contributed by atoms with Crippen LogP contribution in [-0.4, -0.2) is 26.3 Å². The highest BCUT2D eigenvalue weighted by Crippen LogP contribution is 2.28. The van der Waals surface area contributed by atoms with Crippen LogP contribution in [-0.2, 0) is 11.2 Å². The predicted octanol–water partition coefficient (Wildman–Crippen LogP) is 1.08. The van der Waals surface area contributed by atoms with Gasteiger partial charge in [0.25, 0.3) is 0 Å². The molecule has 1 heterocycles. The monoisotopic (exact) mass is 375 g/mol. The van der Waals surface area contributed by atoms with Gasteiger partial charge in [-0.15, -0.1) is 0 Å². The van der Waals surface area contributed by atoms with Crippen molar-refractivity contribution in [3.8, 4) is 11.5 Å². The topological polar surface area (TPSA) is 95.7 Å². The molecule has 0 spiro atoms. The molecule has 1 aliphatic rings. The summed E-state index contributed by atoms with van der Waals surface area (Å²) in [5.74, 6) is -0.137. The smallest absolute Gasteiger partial charge is 0.230 e. The second kappa shape index (κ2) is 8.78. The Labute approximate surface area is 156 Å². The lowest BCUT2D eigenvalue weighted by Crippen LogP contribution is -2.47. The molecule has 1 fully saturated rings. The Kier molecular flexibility index (Phi) is 6.20. The molecule has 0 bridgehead atoms. The summed E-state index contributed by atoms with van der Waals surface area (Å²) in [6, 6.07) is 11.4. The molecule has 1 saturated heterocycles. The minimum Gasteiger partial charge on any atom is -0.497 e. The molecule has 0 aromatic heterocycles. The van der Waals surface area contributed by atoms with Crippen LogP contribution in [0.15, 0.2) is 42.5 Å². The lowest BCUT2D eigenvalue weighted by Gasteiger charge is -2.23. The molecule has 5 N–H and O–H groups in total. The van der Waals surface area contributed by atoms with Crippen molar-refractivity contribution in [1.82, 2.24) is 21.9 Å². The lowest BCUT2D eigenvalue weighted by molar-refractivity contribution is -0.120. The number of amides is 1. The molecule has 1 atom stereocenters. The summed E-state index contributed by atoms with van der Waals surface area (Å²) in [6.07, 6.45) is -0.109. The molecular formula is C18H22FN5O3. The lowest BCUT2D eigenvalue weighted by atomic mass is 9.94. The van der Waals surface area contributed by atoms with E-state index in [1.807, 2.05) is 6.07 Å². The molecule has 3 rings (SSSR count). The highest BCUT2D eigenvalue weighted by atomic mass is 19.1. The minimum atomic E-state index is -0.590. The minimum absolute atomic E-state index is 0.129. The number of anilines is 1. The summed E-state index contributed by atoms with van der Waals surface area (Å²) in [5.41, 5.74) is 12.2. The number of nitrogens with one attached hydrogen (secondary N) is 5. The fourth-order valence-corrected chi connectivity index (χ4v) is 2.89. The van der Waals surface area contributed by atoms with Crippen molar-refractivity contribution in [2.75, 3.05) is 19.5 Å². The molecule has 2 aromatic carbocycles. The normalized spacial score (nSPS) is 15.4. The number of rotatable bonds is 7. The van der Waals surface area contributed by atoms with E-state index < -0.39 is 17.9 Å². The number of hydrazine groups is 3. The van der Waals surface area contributed by atoms with E-state index in [1.54, 1.807) is 38.5 Å². The van der Waals surface area contributed by atoms with Gasteiger partial charge in [-0.3, -0.25) is 4.79 Å². The molecule has 2 aromatic rings. The number of benzene rings is 2. The second-order valence-electron chi connectivity index (χ2n) is 5.97. The Bertz CT molecular complexity index is 798. The molecule has 27 heavy (non-hydrogen) atoms. The van der Waals surface area contributed by atoms with E-state index in [9.17, 15) is 9.18 Å². The first-order chi connectivity index (χ1) is 13.1. The van der Waals surface area contributed by atoms with E-state index in [2.05, 4.69) is 27.2 Å². The zero-order valence-electron chi connectivity index (χ0n) is 15.0. The van der Waals surface area contributed by atoms with Crippen molar-refractivity contribution in [3.63, 3.8) is 0 Å². The van der Waals surface area contributed by atoms with Crippen molar-refractivity contribution >= 4 is 11.6 Å². The molecule has 1 amide bonds. The first-order valence-corrected chi connectivity index (χ1v) is 8.39. The quantitative estimate of drug-likeness (QED) is 0.494. The van der Waals surface area contributed by atoms with Crippen LogP contribution in [0.2, 0.25) is 0 Å². The van der Waals surface area contributed by atoms with Gasteiger partial charge in [-0.2, -0.15) is 11.1 Å². The van der Waals surface area contributed by atoms with Crippen LogP contribution in [0.1, 0.15) is 5.56 Å². The molecule has 9 heteroatoms. The Morgan fingerprint density at radius 2 is 1.89 bits per heavy atom. The van der Waals surface area contributed by atoms with E-state index in [0.29, 0.717) is 17.9 Å². The van der Waals surface area contributed by atoms with E-state index >= 15 is 0 Å². The Morgan fingerprint density at radius 1 is 1.15 bits per heavy atom. The van der Waals surface area contributed by atoms with E-state index in [-0.39, 0.29) is 11.6 Å². The Balaban J connectivity index is 1.86. The maximum atomic E-state index is 13.9. The molecule has 1 unspecified atom stereocenters. The summed E-state index contributed by atoms with van der Waals surface area (Å²) in [7, 11) is 3.14. The highest BCUT2D eigenvalue weighted by molar-refractivity contribution is 5.93. The summed E-state index contributed by atoms with van der Waals surface area (Å²) in [5, 5.41) is 2.65. The van der Waals surface area contributed by atoms with Crippen molar-refractivity contribution in [2.45, 2.75) is 12.6 Å². The highest BCUT2D eigenvalue weighted by Gasteiger charge is 2.32. The number of carbonyl (C=O) groups excluding carboxylic acids is 1. The fraction of sp³-hybridized carbons (Fsp3) is 0.278. The van der Waals surface area contributed by atoms with Gasteiger partial charge in [0.1, 0.15) is 17.3 Å². The van der Waals surface area contributed by atoms with Crippen LogP contribution in [0.3, 0.4) is 0 Å². The molecule has 1 aliphatic heterocycles. The van der Waals surface area contributed by atoms with Gasteiger partial charge in [0.05, 0.1) is 32.0 Å². The van der Waals surface area contributed by atoms with Crippen LogP contribution in [0.4, 0.5) is 10.1 Å². The summed E-state index contributed by atoms with van der Waals surface area (Å²) in [6.45, 7) is 0. The fourth-order valence-electron chi connectivity index (χ4n) is 2.89. The standard InChI is InChI=1S/C18H22FN5O3/c1-26-12-7-8-16(27-2)11(9-12)10-13(17-21-23-24-22-17)18(25)20-15-6-4-3-5-14(15)19/h3-9,13,17,21-24H,10H2,1-2H3,(H,20,25). The van der Waals surface area contributed by atoms with Gasteiger partial charge >= 0.3 is 0 Å². The molecule has 8 nitrogen and oxygen atoms in total. The molecule has 144 valence electrons. The zero-order chi connectivity index (χ0) is 19.2. The van der Waals surface area contributed by atoms with Crippen LogP contribution >= 0.6 is 0 Å². The second-order valence-corrected chi connectivity index (χ2v) is 5.97. The first kappa shape index (κ1) is 19.1. The van der Waals surface area contributed by atoms with E-state index in [4.69, 9.17) is 9.47 Å². The molecular weight excluding hydrogens is 353 g/mol. The molecule has 0 aliphatic carbocycles. The van der Waals surface area contributed by atoms with Crippen molar-refractivity contribution < 1.29 is 18.7 Å². The average Bonchev–Trinajstić information content (AvgIpc) is 3.22. The van der Waals surface area contributed by atoms with Crippen LogP contribution in [0.5, 0.6) is 11.5 Å². The number of carbonyl (C=O) groups is 1. The van der Waals surface area contributed by atoms with Crippen molar-refractivity contribution in [3.05, 3.63) is 53.8 Å². The van der Waals surface area contributed by atoms with E-state index in [1.165, 1.54) is 12.1 Å². The van der Waals surface area contributed by atoms with E-state index in [0.717, 1.165) is 5.56 Å². The van der Waals surface area contributed by atoms with Gasteiger partial charge in [0.2, 0.25) is 5.91 Å². The number of para-hydroxylation sites is 1. The zero-order valence-corrected chi connectivity index (χ0v) is 15.0. The van der Waals surface area contributed by atoms with Gasteiger partial charge < -0.3 is 14.8 Å². The van der Waals surface area contributed by atoms with Gasteiger partial charge in [-0.1, -0.05) is 12.1 Å². The number of methoxy groups -OCH3 is 2. The number of hydrogen-bond acceptors (Lipinski definition) is 7. The number of hydrogen-bond donors (Lipinski definition) is 5. The summed E-state index contributed by atoms with van der Waals surface area (Å²) < 4.78 is 24.6. The predicted molar refractivity (Wildman–Crippen MR) is 98.1 cm³/mol. The Morgan fingerprint density at radius 3 is 2.56 bits per heavy atom. The summed E-state index contributed by atoms with van der Waals surface area (Å²) >= 11 is 0. The average molecular weight is 375 g/mol. The van der Waals surface area contributed by atoms with Crippen LogP contribution in [0, 0.1) is 11.7 Å². The SMILES string of the molecule is COc1ccc(OC)c(CC(C(=O)Nc2ccccc2F)C2NNNN2)c1. The number of halogens is 1. The van der Waals surface area contributed by atoms with Crippen molar-refractivity contribution in [1.29, 1.82) is 0 Å². The number of ether oxygens (including phenoxy) is 2. The third kappa shape index (κ3) is 4.52. The van der Waals surface area contributed by atoms with Gasteiger partial charge in [0.15, 0.2) is 0 Å². The van der Waals surface area contributed by atoms with Gasteiger partial charge in [-0.05, 0) is 42.3 Å². The molecule has 0 saturated carbocycles. The largest absolute Gasteiger partial charge is 0.497 e. The maximum absolute atomic E-state index is 13.9. The van der Waals surface area contributed by atoms with Crippen LogP contribution < -0.4 is 36.7 Å². The van der Waals surface area contributed by atoms with Gasteiger partial charge in [-0.25, -0.2) is 15.2 Å².